The minimum Gasteiger partial charge on any atom is -0.383 e. The lowest BCUT2D eigenvalue weighted by Crippen LogP contribution is -2.31. The molecule has 33 heavy (non-hydrogen) atoms. The number of nitrogens with zero attached hydrogens (tertiary/aromatic N) is 3. The molecule has 3 aromatic rings. The first kappa shape index (κ1) is 21.4. The lowest BCUT2D eigenvalue weighted by molar-refractivity contribution is 0.0946. The number of aromatic nitrogens is 1. The summed E-state index contributed by atoms with van der Waals surface area (Å²) in [7, 11) is 2.15. The molecule has 5 rings (SSSR count). The zero-order chi connectivity index (χ0) is 22.9. The Morgan fingerprint density at radius 2 is 1.73 bits per heavy atom. The number of halogens is 1. The van der Waals surface area contributed by atoms with Gasteiger partial charge in [-0.2, -0.15) is 4.39 Å². The Kier molecular flexibility index (Phi) is 5.72. The molecule has 0 radical (unpaired) electrons. The molecule has 0 atom stereocenters. The van der Waals surface area contributed by atoms with E-state index in [9.17, 15) is 9.18 Å². The highest BCUT2D eigenvalue weighted by atomic mass is 19.1. The first-order valence-electron chi connectivity index (χ1n) is 11.4. The van der Waals surface area contributed by atoms with Crippen molar-refractivity contribution in [3.05, 3.63) is 65.6 Å². The van der Waals surface area contributed by atoms with E-state index in [4.69, 9.17) is 5.73 Å². The highest BCUT2D eigenvalue weighted by molar-refractivity contribution is 5.97. The molecule has 0 aliphatic carbocycles. The van der Waals surface area contributed by atoms with Gasteiger partial charge >= 0.3 is 0 Å². The maximum atomic E-state index is 14.8. The number of carbonyl (C=O) groups is 1. The molecule has 1 aromatic heterocycles. The molecule has 3 heterocycles. The monoisotopic (exact) mass is 445 g/mol. The molecular weight excluding hydrogens is 417 g/mol. The van der Waals surface area contributed by atoms with Gasteiger partial charge in [-0.05, 0) is 67.4 Å². The van der Waals surface area contributed by atoms with Gasteiger partial charge in [0.1, 0.15) is 5.82 Å². The van der Waals surface area contributed by atoms with Gasteiger partial charge in [0.15, 0.2) is 0 Å². The molecule has 0 unspecified atom stereocenters. The van der Waals surface area contributed by atoms with Crippen LogP contribution in [0.5, 0.6) is 0 Å². The summed E-state index contributed by atoms with van der Waals surface area (Å²) in [6.07, 6.45) is 1.88. The first-order chi connectivity index (χ1) is 16.0. The van der Waals surface area contributed by atoms with E-state index >= 15 is 0 Å². The third kappa shape index (κ3) is 4.28. The lowest BCUT2D eigenvalue weighted by atomic mass is 9.94. The molecule has 1 fully saturated rings. The number of nitrogens with two attached hydrogens (primary N) is 1. The molecule has 2 aliphatic heterocycles. The van der Waals surface area contributed by atoms with E-state index in [1.807, 2.05) is 36.4 Å². The molecular formula is C26H28FN5O. The summed E-state index contributed by atoms with van der Waals surface area (Å²) >= 11 is 0. The van der Waals surface area contributed by atoms with E-state index in [1.165, 1.54) is 0 Å². The van der Waals surface area contributed by atoms with Crippen molar-refractivity contribution in [2.75, 3.05) is 50.4 Å². The van der Waals surface area contributed by atoms with Crippen LogP contribution in [-0.2, 0) is 6.42 Å². The number of amides is 1. The summed E-state index contributed by atoms with van der Waals surface area (Å²) in [5.41, 5.74) is 11.6. The van der Waals surface area contributed by atoms with Crippen molar-refractivity contribution in [3.63, 3.8) is 0 Å². The number of pyridine rings is 1. The molecule has 170 valence electrons. The number of benzene rings is 2. The zero-order valence-electron chi connectivity index (χ0n) is 18.8. The molecule has 0 bridgehead atoms. The molecule has 6 nitrogen and oxygen atoms in total. The maximum Gasteiger partial charge on any atom is 0.251 e. The summed E-state index contributed by atoms with van der Waals surface area (Å²) in [5, 5.41) is 2.85. The highest BCUT2D eigenvalue weighted by Crippen LogP contribution is 2.34. The van der Waals surface area contributed by atoms with Crippen LogP contribution in [0.25, 0.3) is 22.3 Å². The van der Waals surface area contributed by atoms with Gasteiger partial charge in [-0.3, -0.25) is 4.79 Å². The van der Waals surface area contributed by atoms with Crippen molar-refractivity contribution in [1.82, 2.24) is 15.2 Å². The van der Waals surface area contributed by atoms with Crippen LogP contribution in [0, 0.1) is 5.95 Å². The predicted molar refractivity (Wildman–Crippen MR) is 130 cm³/mol. The van der Waals surface area contributed by atoms with Crippen molar-refractivity contribution in [2.24, 2.45) is 0 Å². The van der Waals surface area contributed by atoms with Crippen molar-refractivity contribution in [2.45, 2.75) is 12.8 Å². The predicted octanol–water partition coefficient (Wildman–Crippen LogP) is 3.56. The van der Waals surface area contributed by atoms with Crippen molar-refractivity contribution >= 4 is 17.4 Å². The number of hydrogen-bond donors (Lipinski definition) is 2. The van der Waals surface area contributed by atoms with Gasteiger partial charge in [-0.1, -0.05) is 24.3 Å². The number of fused-ring (bicyclic) bond motifs is 1. The third-order valence-corrected chi connectivity index (χ3v) is 6.61. The van der Waals surface area contributed by atoms with E-state index in [1.54, 1.807) is 12.1 Å². The van der Waals surface area contributed by atoms with Crippen LogP contribution in [0.3, 0.4) is 0 Å². The molecule has 2 aliphatic rings. The number of carbonyl (C=O) groups excluding carboxylic acids is 1. The standard InChI is InChI=1S/C26H28FN5O/c1-31-11-2-12-32(14-13-31)20-6-3-17(4-7-20)22-16-23(25(28)30-24(22)27)18-5-8-21-19(15-18)9-10-29-26(21)33/h3-8,15-16H,2,9-14H2,1H3,(H2,28,30)(H,29,33). The van der Waals surface area contributed by atoms with Crippen LogP contribution in [0.15, 0.2) is 48.5 Å². The Balaban J connectivity index is 1.46. The second kappa shape index (κ2) is 8.83. The van der Waals surface area contributed by atoms with E-state index in [0.717, 1.165) is 61.4 Å². The molecule has 1 saturated heterocycles. The van der Waals surface area contributed by atoms with Gasteiger partial charge in [0.25, 0.3) is 5.91 Å². The van der Waals surface area contributed by atoms with Crippen LogP contribution in [0.4, 0.5) is 15.9 Å². The van der Waals surface area contributed by atoms with E-state index in [0.29, 0.717) is 23.2 Å². The highest BCUT2D eigenvalue weighted by Gasteiger charge is 2.19. The molecule has 3 N–H and O–H groups in total. The molecule has 1 amide bonds. The van der Waals surface area contributed by atoms with Crippen molar-refractivity contribution in [1.29, 1.82) is 0 Å². The quantitative estimate of drug-likeness (QED) is 0.603. The van der Waals surface area contributed by atoms with E-state index in [2.05, 4.69) is 27.1 Å². The lowest BCUT2D eigenvalue weighted by Gasteiger charge is -2.23. The number of rotatable bonds is 3. The average Bonchev–Trinajstić information content (AvgIpc) is 3.04. The topological polar surface area (TPSA) is 74.5 Å². The minimum absolute atomic E-state index is 0.0650. The van der Waals surface area contributed by atoms with Gasteiger partial charge in [0.2, 0.25) is 5.95 Å². The second-order valence-corrected chi connectivity index (χ2v) is 8.83. The summed E-state index contributed by atoms with van der Waals surface area (Å²) in [6, 6.07) is 15.4. The number of nitrogens with one attached hydrogen (secondary N) is 1. The maximum absolute atomic E-state index is 14.8. The smallest absolute Gasteiger partial charge is 0.251 e. The Hall–Kier alpha value is -3.45. The Morgan fingerprint density at radius 1 is 0.939 bits per heavy atom. The summed E-state index contributed by atoms with van der Waals surface area (Å²) in [5.74, 6) is -0.510. The van der Waals surface area contributed by atoms with Crippen molar-refractivity contribution in [3.8, 4) is 22.3 Å². The van der Waals surface area contributed by atoms with E-state index < -0.39 is 5.95 Å². The molecule has 0 spiro atoms. The summed E-state index contributed by atoms with van der Waals surface area (Å²) in [4.78, 5) is 20.8. The van der Waals surface area contributed by atoms with Crippen molar-refractivity contribution < 1.29 is 9.18 Å². The van der Waals surface area contributed by atoms with E-state index in [-0.39, 0.29) is 11.7 Å². The normalized spacial score (nSPS) is 16.8. The largest absolute Gasteiger partial charge is 0.383 e. The van der Waals surface area contributed by atoms with Crippen LogP contribution in [0.1, 0.15) is 22.3 Å². The van der Waals surface area contributed by atoms with Gasteiger partial charge in [-0.25, -0.2) is 4.98 Å². The Labute approximate surface area is 193 Å². The zero-order valence-corrected chi connectivity index (χ0v) is 18.8. The number of likely N-dealkylation sites (N-methyl/N-ethyl adjacent to an activating group) is 1. The van der Waals surface area contributed by atoms with Crippen LogP contribution in [0.2, 0.25) is 0 Å². The Bertz CT molecular complexity index is 1190. The summed E-state index contributed by atoms with van der Waals surface area (Å²) in [6.45, 7) is 4.74. The number of anilines is 2. The first-order valence-corrected chi connectivity index (χ1v) is 11.4. The van der Waals surface area contributed by atoms with Gasteiger partial charge in [0.05, 0.1) is 0 Å². The minimum atomic E-state index is -0.585. The average molecular weight is 446 g/mol. The fraction of sp³-hybridized carbons (Fsp3) is 0.308. The second-order valence-electron chi connectivity index (χ2n) is 8.83. The molecule has 2 aromatic carbocycles. The fourth-order valence-electron chi connectivity index (χ4n) is 4.69. The van der Waals surface area contributed by atoms with Crippen LogP contribution >= 0.6 is 0 Å². The molecule has 7 heteroatoms. The molecule has 0 saturated carbocycles. The summed E-state index contributed by atoms with van der Waals surface area (Å²) < 4.78 is 14.8. The number of hydrogen-bond acceptors (Lipinski definition) is 5. The van der Waals surface area contributed by atoms with Crippen LogP contribution in [-0.4, -0.2) is 55.6 Å². The van der Waals surface area contributed by atoms with Gasteiger partial charge in [0, 0.05) is 48.6 Å². The fourth-order valence-corrected chi connectivity index (χ4v) is 4.69. The van der Waals surface area contributed by atoms with Crippen LogP contribution < -0.4 is 16.0 Å². The third-order valence-electron chi connectivity index (χ3n) is 6.61. The number of nitrogen functional groups attached to an aromatic ring is 1. The Morgan fingerprint density at radius 3 is 2.55 bits per heavy atom. The van der Waals surface area contributed by atoms with Gasteiger partial charge in [-0.15, -0.1) is 0 Å². The SMILES string of the molecule is CN1CCCN(c2ccc(-c3cc(-c4ccc5c(c4)CCNC5=O)c(N)nc3F)cc2)CC1. The van der Waals surface area contributed by atoms with Gasteiger partial charge < -0.3 is 20.9 Å².